The van der Waals surface area contributed by atoms with Gasteiger partial charge in [-0.15, -0.1) is 5.92 Å². The number of unbranched alkanes of at least 4 members (excludes halogenated alkanes) is 3. The smallest absolute Gasteiger partial charge is 0.145 e. The molecule has 1 aliphatic rings. The Hall–Kier alpha value is -0.520. The molecule has 2 atom stereocenters. The molecule has 1 rings (SSSR count). The predicted octanol–water partition coefficient (Wildman–Crippen LogP) is 1.72. The van der Waals surface area contributed by atoms with Crippen LogP contribution < -0.4 is 0 Å². The van der Waals surface area contributed by atoms with Gasteiger partial charge in [-0.2, -0.15) is 0 Å². The third kappa shape index (κ3) is 3.38. The molecule has 0 aromatic heterocycles. The average Bonchev–Trinajstić information content (AvgIpc) is 2.84. The van der Waals surface area contributed by atoms with E-state index >= 15 is 0 Å². The van der Waals surface area contributed by atoms with Gasteiger partial charge in [0.2, 0.25) is 0 Å². The van der Waals surface area contributed by atoms with Gasteiger partial charge in [-0.25, -0.2) is 0 Å². The Morgan fingerprint density at radius 3 is 2.77 bits per heavy atom. The first kappa shape index (κ1) is 10.6. The monoisotopic (exact) mass is 182 g/mol. The average molecular weight is 182 g/mol. The minimum atomic E-state index is -0.603. The van der Waals surface area contributed by atoms with Gasteiger partial charge in [0.25, 0.3) is 0 Å². The second-order valence-electron chi connectivity index (χ2n) is 3.78. The maximum absolute atomic E-state index is 9.51. The van der Waals surface area contributed by atoms with E-state index in [0.717, 1.165) is 12.8 Å². The Balaban J connectivity index is 2.15. The molecule has 0 radical (unpaired) electrons. The summed E-state index contributed by atoms with van der Waals surface area (Å²) in [5, 5.41) is 9.51. The van der Waals surface area contributed by atoms with Crippen LogP contribution in [-0.2, 0) is 4.74 Å². The molecule has 0 saturated carbocycles. The molecule has 1 saturated heterocycles. The van der Waals surface area contributed by atoms with Crippen LogP contribution in [0.5, 0.6) is 0 Å². The quantitative estimate of drug-likeness (QED) is 0.408. The van der Waals surface area contributed by atoms with E-state index in [1.807, 2.05) is 6.92 Å². The molecule has 1 heterocycles. The molecular weight excluding hydrogens is 164 g/mol. The van der Waals surface area contributed by atoms with Crippen molar-refractivity contribution in [3.8, 4) is 11.8 Å². The van der Waals surface area contributed by atoms with Crippen molar-refractivity contribution in [1.29, 1.82) is 0 Å². The molecule has 74 valence electrons. The highest BCUT2D eigenvalue weighted by Crippen LogP contribution is 2.29. The summed E-state index contributed by atoms with van der Waals surface area (Å²) in [6.07, 6.45) is 3.85. The number of ether oxygens (including phenoxy) is 1. The van der Waals surface area contributed by atoms with Crippen LogP contribution in [0, 0.1) is 11.8 Å². The second-order valence-corrected chi connectivity index (χ2v) is 3.78. The van der Waals surface area contributed by atoms with E-state index in [1.165, 1.54) is 12.8 Å². The largest absolute Gasteiger partial charge is 0.377 e. The zero-order valence-electron chi connectivity index (χ0n) is 8.47. The van der Waals surface area contributed by atoms with Gasteiger partial charge in [0.1, 0.15) is 11.7 Å². The van der Waals surface area contributed by atoms with Gasteiger partial charge in [0, 0.05) is 6.42 Å². The molecule has 0 amide bonds. The van der Waals surface area contributed by atoms with Crippen molar-refractivity contribution in [2.24, 2.45) is 0 Å². The lowest BCUT2D eigenvalue weighted by molar-refractivity contribution is 0.131. The summed E-state index contributed by atoms with van der Waals surface area (Å²) in [7, 11) is 0. The fourth-order valence-electron chi connectivity index (χ4n) is 1.06. The lowest BCUT2D eigenvalue weighted by Gasteiger charge is -2.05. The van der Waals surface area contributed by atoms with Gasteiger partial charge in [0.05, 0.1) is 6.61 Å². The third-order valence-corrected chi connectivity index (χ3v) is 2.32. The van der Waals surface area contributed by atoms with Crippen LogP contribution in [0.25, 0.3) is 0 Å². The summed E-state index contributed by atoms with van der Waals surface area (Å²) < 4.78 is 5.08. The lowest BCUT2D eigenvalue weighted by atomic mass is 10.1. The van der Waals surface area contributed by atoms with E-state index in [2.05, 4.69) is 18.8 Å². The molecular formula is C11H18O2. The molecule has 0 aliphatic carbocycles. The number of aliphatic hydroxyl groups is 1. The highest BCUT2D eigenvalue weighted by Gasteiger charge is 2.45. The fraction of sp³-hybridized carbons (Fsp3) is 0.818. The van der Waals surface area contributed by atoms with Crippen LogP contribution in [-0.4, -0.2) is 23.4 Å². The van der Waals surface area contributed by atoms with E-state index in [9.17, 15) is 5.11 Å². The van der Waals surface area contributed by atoms with Gasteiger partial charge in [-0.3, -0.25) is 0 Å². The van der Waals surface area contributed by atoms with Crippen molar-refractivity contribution in [3.05, 3.63) is 0 Å². The number of hydrogen-bond acceptors (Lipinski definition) is 2. The summed E-state index contributed by atoms with van der Waals surface area (Å²) in [5.74, 6) is 5.81. The van der Waals surface area contributed by atoms with Crippen molar-refractivity contribution >= 4 is 0 Å². The predicted molar refractivity (Wildman–Crippen MR) is 52.3 cm³/mol. The van der Waals surface area contributed by atoms with Crippen molar-refractivity contribution in [3.63, 3.8) is 0 Å². The Bertz CT molecular complexity index is 208. The maximum Gasteiger partial charge on any atom is 0.145 e. The molecule has 2 nitrogen and oxygen atoms in total. The fourth-order valence-corrected chi connectivity index (χ4v) is 1.06. The first-order chi connectivity index (χ1) is 6.19. The highest BCUT2D eigenvalue weighted by molar-refractivity contribution is 5.14. The standard InChI is InChI=1S/C11H18O2/c1-3-4-5-6-7-8-10(12)11(2)9-13-11/h10,12H,3-6,9H2,1-2H3. The summed E-state index contributed by atoms with van der Waals surface area (Å²) >= 11 is 0. The Morgan fingerprint density at radius 2 is 2.23 bits per heavy atom. The topological polar surface area (TPSA) is 32.8 Å². The molecule has 13 heavy (non-hydrogen) atoms. The van der Waals surface area contributed by atoms with Crippen molar-refractivity contribution in [1.82, 2.24) is 0 Å². The summed E-state index contributed by atoms with van der Waals surface area (Å²) in [5.41, 5.74) is -0.363. The molecule has 0 aromatic carbocycles. The van der Waals surface area contributed by atoms with Crippen LogP contribution in [0.4, 0.5) is 0 Å². The number of rotatable bonds is 4. The van der Waals surface area contributed by atoms with Crippen LogP contribution in [0.3, 0.4) is 0 Å². The third-order valence-electron chi connectivity index (χ3n) is 2.32. The molecule has 1 aliphatic heterocycles. The van der Waals surface area contributed by atoms with E-state index < -0.39 is 6.10 Å². The molecule has 1 N–H and O–H groups in total. The number of epoxide rings is 1. The molecule has 0 bridgehead atoms. The van der Waals surface area contributed by atoms with Gasteiger partial charge in [-0.1, -0.05) is 25.7 Å². The van der Waals surface area contributed by atoms with E-state index in [0.29, 0.717) is 6.61 Å². The Kier molecular flexibility index (Phi) is 3.77. The lowest BCUT2D eigenvalue weighted by Crippen LogP contribution is -2.24. The van der Waals surface area contributed by atoms with Gasteiger partial charge in [-0.05, 0) is 13.3 Å². The van der Waals surface area contributed by atoms with E-state index in [1.54, 1.807) is 0 Å². The maximum atomic E-state index is 9.51. The SMILES string of the molecule is CCCCCC#CC(O)C1(C)CO1. The minimum absolute atomic E-state index is 0.363. The minimum Gasteiger partial charge on any atom is -0.377 e. The zero-order valence-corrected chi connectivity index (χ0v) is 8.47. The number of hydrogen-bond donors (Lipinski definition) is 1. The van der Waals surface area contributed by atoms with E-state index in [-0.39, 0.29) is 5.60 Å². The second kappa shape index (κ2) is 4.64. The van der Waals surface area contributed by atoms with Crippen LogP contribution in [0.2, 0.25) is 0 Å². The zero-order chi connectivity index (χ0) is 9.73. The Morgan fingerprint density at radius 1 is 1.54 bits per heavy atom. The summed E-state index contributed by atoms with van der Waals surface area (Å²) in [4.78, 5) is 0. The molecule has 0 aromatic rings. The normalized spacial score (nSPS) is 27.6. The first-order valence-corrected chi connectivity index (χ1v) is 4.99. The molecule has 2 unspecified atom stereocenters. The van der Waals surface area contributed by atoms with Gasteiger partial charge >= 0.3 is 0 Å². The van der Waals surface area contributed by atoms with Crippen LogP contribution >= 0.6 is 0 Å². The van der Waals surface area contributed by atoms with Gasteiger partial charge in [0.15, 0.2) is 0 Å². The molecule has 1 fully saturated rings. The molecule has 2 heteroatoms. The van der Waals surface area contributed by atoms with Crippen molar-refractivity contribution in [2.75, 3.05) is 6.61 Å². The summed E-state index contributed by atoms with van der Waals surface area (Å²) in [6.45, 7) is 4.69. The summed E-state index contributed by atoms with van der Waals surface area (Å²) in [6, 6.07) is 0. The highest BCUT2D eigenvalue weighted by atomic mass is 16.6. The van der Waals surface area contributed by atoms with E-state index in [4.69, 9.17) is 4.74 Å². The van der Waals surface area contributed by atoms with Crippen LogP contribution in [0.1, 0.15) is 39.5 Å². The van der Waals surface area contributed by atoms with Crippen molar-refractivity contribution < 1.29 is 9.84 Å². The van der Waals surface area contributed by atoms with Crippen LogP contribution in [0.15, 0.2) is 0 Å². The van der Waals surface area contributed by atoms with Crippen molar-refractivity contribution in [2.45, 2.75) is 51.2 Å². The molecule has 0 spiro atoms. The Labute approximate surface area is 80.3 Å². The first-order valence-electron chi connectivity index (χ1n) is 4.99. The number of aliphatic hydroxyl groups excluding tert-OH is 1. The van der Waals surface area contributed by atoms with Gasteiger partial charge < -0.3 is 9.84 Å².